The minimum Gasteiger partial charge on any atom is -0.361 e. The van der Waals surface area contributed by atoms with Gasteiger partial charge in [-0.25, -0.2) is 0 Å². The summed E-state index contributed by atoms with van der Waals surface area (Å²) in [5.41, 5.74) is 2.46. The van der Waals surface area contributed by atoms with Crippen molar-refractivity contribution < 1.29 is 4.79 Å². The van der Waals surface area contributed by atoms with Gasteiger partial charge in [-0.15, -0.1) is 0 Å². The zero-order valence-corrected chi connectivity index (χ0v) is 12.3. The van der Waals surface area contributed by atoms with Gasteiger partial charge in [-0.3, -0.25) is 4.79 Å². The molecule has 0 unspecified atom stereocenters. The third-order valence-corrected chi connectivity index (χ3v) is 3.64. The second kappa shape index (κ2) is 7.10. The SMILES string of the molecule is CCN(CC)C(=O)CNCCc1c[nH]c2ccccc12. The summed E-state index contributed by atoms with van der Waals surface area (Å²) in [6.07, 6.45) is 2.98. The highest BCUT2D eigenvalue weighted by atomic mass is 16.2. The van der Waals surface area contributed by atoms with E-state index in [-0.39, 0.29) is 5.91 Å². The Hall–Kier alpha value is -1.81. The highest BCUT2D eigenvalue weighted by Gasteiger charge is 2.08. The number of benzene rings is 1. The normalized spacial score (nSPS) is 10.9. The number of fused-ring (bicyclic) bond motifs is 1. The highest BCUT2D eigenvalue weighted by molar-refractivity contribution is 5.83. The van der Waals surface area contributed by atoms with Crippen molar-refractivity contribution in [3.05, 3.63) is 36.0 Å². The summed E-state index contributed by atoms with van der Waals surface area (Å²) in [4.78, 5) is 17.0. The molecule has 20 heavy (non-hydrogen) atoms. The van der Waals surface area contributed by atoms with Gasteiger partial charge in [0.05, 0.1) is 6.54 Å². The topological polar surface area (TPSA) is 48.1 Å². The van der Waals surface area contributed by atoms with Gasteiger partial charge >= 0.3 is 0 Å². The van der Waals surface area contributed by atoms with Crippen molar-refractivity contribution in [2.24, 2.45) is 0 Å². The first-order valence-corrected chi connectivity index (χ1v) is 7.29. The molecule has 0 saturated carbocycles. The second-order valence-corrected chi connectivity index (χ2v) is 4.85. The van der Waals surface area contributed by atoms with Gasteiger partial charge in [-0.05, 0) is 38.4 Å². The number of hydrogen-bond donors (Lipinski definition) is 2. The van der Waals surface area contributed by atoms with E-state index in [1.165, 1.54) is 16.5 Å². The monoisotopic (exact) mass is 273 g/mol. The van der Waals surface area contributed by atoms with Crippen LogP contribution in [0, 0.1) is 0 Å². The molecule has 108 valence electrons. The number of aromatic nitrogens is 1. The van der Waals surface area contributed by atoms with Gasteiger partial charge in [0.1, 0.15) is 0 Å². The van der Waals surface area contributed by atoms with E-state index in [1.807, 2.05) is 24.8 Å². The van der Waals surface area contributed by atoms with Crippen molar-refractivity contribution in [1.29, 1.82) is 0 Å². The van der Waals surface area contributed by atoms with Crippen molar-refractivity contribution >= 4 is 16.8 Å². The molecule has 0 radical (unpaired) electrons. The average molecular weight is 273 g/mol. The fourth-order valence-electron chi connectivity index (χ4n) is 2.44. The molecule has 1 aromatic heterocycles. The van der Waals surface area contributed by atoms with E-state index in [4.69, 9.17) is 0 Å². The predicted octanol–water partition coefficient (Wildman–Crippen LogP) is 2.17. The fraction of sp³-hybridized carbons (Fsp3) is 0.438. The van der Waals surface area contributed by atoms with Gasteiger partial charge in [-0.2, -0.15) is 0 Å². The Labute approximate surface area is 120 Å². The number of rotatable bonds is 7. The molecule has 1 aromatic carbocycles. The number of likely N-dealkylation sites (N-methyl/N-ethyl adjacent to an activating group) is 1. The third-order valence-electron chi connectivity index (χ3n) is 3.64. The lowest BCUT2D eigenvalue weighted by atomic mass is 10.1. The largest absolute Gasteiger partial charge is 0.361 e. The molecule has 1 heterocycles. The summed E-state index contributed by atoms with van der Waals surface area (Å²) < 4.78 is 0. The number of carbonyl (C=O) groups is 1. The number of aromatic amines is 1. The average Bonchev–Trinajstić information content (AvgIpc) is 2.88. The second-order valence-electron chi connectivity index (χ2n) is 4.85. The summed E-state index contributed by atoms with van der Waals surface area (Å²) in [7, 11) is 0. The Bertz CT molecular complexity index is 558. The van der Waals surface area contributed by atoms with Crippen LogP contribution in [0.15, 0.2) is 30.5 Å². The Kier molecular flexibility index (Phi) is 5.18. The van der Waals surface area contributed by atoms with E-state index < -0.39 is 0 Å². The lowest BCUT2D eigenvalue weighted by molar-refractivity contribution is -0.129. The molecular formula is C16H23N3O. The zero-order valence-electron chi connectivity index (χ0n) is 12.3. The molecule has 0 aliphatic heterocycles. The maximum atomic E-state index is 11.8. The van der Waals surface area contributed by atoms with Crippen LogP contribution in [0.1, 0.15) is 19.4 Å². The molecule has 0 aliphatic carbocycles. The van der Waals surface area contributed by atoms with Crippen LogP contribution in [0.25, 0.3) is 10.9 Å². The summed E-state index contributed by atoms with van der Waals surface area (Å²) in [5, 5.41) is 4.50. The number of H-pyrrole nitrogens is 1. The van der Waals surface area contributed by atoms with Crippen molar-refractivity contribution in [2.75, 3.05) is 26.2 Å². The number of nitrogens with zero attached hydrogens (tertiary/aromatic N) is 1. The van der Waals surface area contributed by atoms with Crippen molar-refractivity contribution in [3.63, 3.8) is 0 Å². The molecule has 4 heteroatoms. The lowest BCUT2D eigenvalue weighted by Gasteiger charge is -2.18. The van der Waals surface area contributed by atoms with Crippen LogP contribution < -0.4 is 5.32 Å². The molecule has 1 amide bonds. The first kappa shape index (κ1) is 14.6. The van der Waals surface area contributed by atoms with Crippen LogP contribution in [0.5, 0.6) is 0 Å². The van der Waals surface area contributed by atoms with Crippen LogP contribution in [-0.2, 0) is 11.2 Å². The van der Waals surface area contributed by atoms with E-state index in [2.05, 4.69) is 34.7 Å². The molecule has 2 rings (SSSR count). The standard InChI is InChI=1S/C16H23N3O/c1-3-19(4-2)16(20)12-17-10-9-13-11-18-15-8-6-5-7-14(13)15/h5-8,11,17-18H,3-4,9-10,12H2,1-2H3. The minimum absolute atomic E-state index is 0.175. The molecule has 0 saturated heterocycles. The van der Waals surface area contributed by atoms with Crippen molar-refractivity contribution in [3.8, 4) is 0 Å². The number of amides is 1. The summed E-state index contributed by atoms with van der Waals surface area (Å²) >= 11 is 0. The van der Waals surface area contributed by atoms with Gasteiger partial charge in [0.2, 0.25) is 5.91 Å². The molecule has 2 N–H and O–H groups in total. The number of nitrogens with one attached hydrogen (secondary N) is 2. The van der Waals surface area contributed by atoms with Crippen LogP contribution in [0.2, 0.25) is 0 Å². The number of carbonyl (C=O) groups excluding carboxylic acids is 1. The Morgan fingerprint density at radius 2 is 2.00 bits per heavy atom. The lowest BCUT2D eigenvalue weighted by Crippen LogP contribution is -2.38. The first-order chi connectivity index (χ1) is 9.76. The minimum atomic E-state index is 0.175. The van der Waals surface area contributed by atoms with Crippen LogP contribution >= 0.6 is 0 Å². The van der Waals surface area contributed by atoms with E-state index in [0.717, 1.165) is 26.1 Å². The molecule has 0 spiro atoms. The molecule has 0 fully saturated rings. The van der Waals surface area contributed by atoms with Gasteiger partial charge < -0.3 is 15.2 Å². The maximum Gasteiger partial charge on any atom is 0.236 e. The highest BCUT2D eigenvalue weighted by Crippen LogP contribution is 2.17. The quantitative estimate of drug-likeness (QED) is 0.760. The van der Waals surface area contributed by atoms with Crippen LogP contribution in [0.3, 0.4) is 0 Å². The summed E-state index contributed by atoms with van der Waals surface area (Å²) in [5.74, 6) is 0.175. The van der Waals surface area contributed by atoms with Gasteiger partial charge in [0.15, 0.2) is 0 Å². The van der Waals surface area contributed by atoms with Crippen LogP contribution in [0.4, 0.5) is 0 Å². The molecule has 2 aromatic rings. The first-order valence-electron chi connectivity index (χ1n) is 7.29. The van der Waals surface area contributed by atoms with Gasteiger partial charge in [-0.1, -0.05) is 18.2 Å². The zero-order chi connectivity index (χ0) is 14.4. The van der Waals surface area contributed by atoms with E-state index >= 15 is 0 Å². The van der Waals surface area contributed by atoms with E-state index in [0.29, 0.717) is 6.54 Å². The Morgan fingerprint density at radius 3 is 2.75 bits per heavy atom. The van der Waals surface area contributed by atoms with Gasteiger partial charge in [0.25, 0.3) is 0 Å². The third kappa shape index (κ3) is 3.39. The van der Waals surface area contributed by atoms with Crippen molar-refractivity contribution in [1.82, 2.24) is 15.2 Å². The van der Waals surface area contributed by atoms with Crippen molar-refractivity contribution in [2.45, 2.75) is 20.3 Å². The fourth-order valence-corrected chi connectivity index (χ4v) is 2.44. The number of hydrogen-bond acceptors (Lipinski definition) is 2. The molecular weight excluding hydrogens is 250 g/mol. The maximum absolute atomic E-state index is 11.8. The van der Waals surface area contributed by atoms with E-state index in [9.17, 15) is 4.79 Å². The summed E-state index contributed by atoms with van der Waals surface area (Å²) in [6, 6.07) is 8.29. The molecule has 4 nitrogen and oxygen atoms in total. The smallest absolute Gasteiger partial charge is 0.236 e. The van der Waals surface area contributed by atoms with Gasteiger partial charge in [0, 0.05) is 30.2 Å². The molecule has 0 aliphatic rings. The molecule has 0 bridgehead atoms. The Balaban J connectivity index is 1.80. The number of para-hydroxylation sites is 1. The van der Waals surface area contributed by atoms with E-state index in [1.54, 1.807) is 0 Å². The molecule has 0 atom stereocenters. The van der Waals surface area contributed by atoms with Crippen LogP contribution in [-0.4, -0.2) is 42.0 Å². The summed E-state index contributed by atoms with van der Waals surface area (Å²) in [6.45, 7) is 6.80. The Morgan fingerprint density at radius 1 is 1.25 bits per heavy atom. The predicted molar refractivity (Wildman–Crippen MR) is 82.8 cm³/mol.